The highest BCUT2D eigenvalue weighted by Crippen LogP contribution is 2.14. The molecule has 0 fully saturated rings. The highest BCUT2D eigenvalue weighted by Gasteiger charge is 2.04. The molecule has 0 aromatic rings. The summed E-state index contributed by atoms with van der Waals surface area (Å²) in [6.07, 6.45) is 31.9. The zero-order valence-corrected chi connectivity index (χ0v) is 26.3. The lowest BCUT2D eigenvalue weighted by Gasteiger charge is -2.07. The van der Waals surface area contributed by atoms with E-state index in [-0.39, 0.29) is 25.2 Å². The zero-order chi connectivity index (χ0) is 28.5. The maximum absolute atomic E-state index is 11.8. The van der Waals surface area contributed by atoms with E-state index < -0.39 is 0 Å². The summed E-state index contributed by atoms with van der Waals surface area (Å²) in [5.74, 6) is -0.280. The number of ether oxygens (including phenoxy) is 3. The molecule has 0 saturated carbocycles. The van der Waals surface area contributed by atoms with Crippen molar-refractivity contribution in [2.75, 3.05) is 26.4 Å². The van der Waals surface area contributed by atoms with Gasteiger partial charge in [0, 0.05) is 12.8 Å². The third-order valence-corrected chi connectivity index (χ3v) is 7.45. The maximum atomic E-state index is 11.8. The molecule has 5 heteroatoms. The second-order valence-electron chi connectivity index (χ2n) is 11.3. The van der Waals surface area contributed by atoms with Crippen molar-refractivity contribution in [3.63, 3.8) is 0 Å². The van der Waals surface area contributed by atoms with E-state index in [1.54, 1.807) is 0 Å². The van der Waals surface area contributed by atoms with Crippen molar-refractivity contribution in [3.05, 3.63) is 0 Å². The van der Waals surface area contributed by atoms with Gasteiger partial charge >= 0.3 is 11.9 Å². The molecular formula is C34H66O5. The number of carbonyl (C=O) groups is 2. The molecule has 0 atom stereocenters. The highest BCUT2D eigenvalue weighted by molar-refractivity contribution is 5.69. The predicted octanol–water partition coefficient (Wildman–Crippen LogP) is 10.3. The Hall–Kier alpha value is -1.10. The summed E-state index contributed by atoms with van der Waals surface area (Å²) in [4.78, 5) is 23.6. The molecule has 0 radical (unpaired) electrons. The Balaban J connectivity index is 3.24. The van der Waals surface area contributed by atoms with Gasteiger partial charge in [-0.1, -0.05) is 155 Å². The van der Waals surface area contributed by atoms with E-state index in [9.17, 15) is 9.59 Å². The van der Waals surface area contributed by atoms with Crippen LogP contribution in [-0.2, 0) is 23.8 Å². The molecule has 0 unspecified atom stereocenters. The van der Waals surface area contributed by atoms with E-state index in [1.807, 2.05) is 0 Å². The largest absolute Gasteiger partial charge is 0.463 e. The number of unbranched alkanes of at least 4 members (excludes halogenated alkanes) is 22. The SMILES string of the molecule is CCCCCCCCCCCCCCCCCC(=O)OCCOCCOC(=O)CCCCCCCCCCC. The Labute approximate surface area is 242 Å². The Morgan fingerprint density at radius 3 is 0.897 bits per heavy atom. The summed E-state index contributed by atoms with van der Waals surface area (Å²) in [5.41, 5.74) is 0. The Morgan fingerprint density at radius 2 is 0.615 bits per heavy atom. The Bertz CT molecular complexity index is 508. The second-order valence-corrected chi connectivity index (χ2v) is 11.3. The van der Waals surface area contributed by atoms with Crippen molar-refractivity contribution in [2.24, 2.45) is 0 Å². The molecule has 0 aromatic carbocycles. The molecule has 0 saturated heterocycles. The number of hydrogen-bond acceptors (Lipinski definition) is 5. The van der Waals surface area contributed by atoms with Gasteiger partial charge in [0.1, 0.15) is 13.2 Å². The van der Waals surface area contributed by atoms with E-state index >= 15 is 0 Å². The molecule has 0 aliphatic carbocycles. The van der Waals surface area contributed by atoms with Gasteiger partial charge in [0.15, 0.2) is 0 Å². The van der Waals surface area contributed by atoms with E-state index in [4.69, 9.17) is 14.2 Å². The number of carbonyl (C=O) groups excluding carboxylic acids is 2. The van der Waals surface area contributed by atoms with E-state index in [0.29, 0.717) is 26.1 Å². The van der Waals surface area contributed by atoms with Crippen LogP contribution in [0.15, 0.2) is 0 Å². The summed E-state index contributed by atoms with van der Waals surface area (Å²) in [5, 5.41) is 0. The fraction of sp³-hybridized carbons (Fsp3) is 0.941. The molecule has 0 aromatic heterocycles. The topological polar surface area (TPSA) is 61.8 Å². The molecule has 39 heavy (non-hydrogen) atoms. The lowest BCUT2D eigenvalue weighted by atomic mass is 10.0. The first-order valence-corrected chi connectivity index (χ1v) is 17.1. The molecule has 0 heterocycles. The number of rotatable bonds is 32. The maximum Gasteiger partial charge on any atom is 0.305 e. The lowest BCUT2D eigenvalue weighted by Crippen LogP contribution is -2.14. The van der Waals surface area contributed by atoms with Gasteiger partial charge in [0.25, 0.3) is 0 Å². The molecule has 0 N–H and O–H groups in total. The van der Waals surface area contributed by atoms with Gasteiger partial charge < -0.3 is 14.2 Å². The predicted molar refractivity (Wildman–Crippen MR) is 164 cm³/mol. The van der Waals surface area contributed by atoms with E-state index in [0.717, 1.165) is 25.7 Å². The first-order valence-electron chi connectivity index (χ1n) is 17.1. The molecule has 0 bridgehead atoms. The van der Waals surface area contributed by atoms with Crippen molar-refractivity contribution in [3.8, 4) is 0 Å². The third kappa shape index (κ3) is 33.0. The van der Waals surface area contributed by atoms with Gasteiger partial charge in [0.2, 0.25) is 0 Å². The Morgan fingerprint density at radius 1 is 0.359 bits per heavy atom. The number of hydrogen-bond donors (Lipinski definition) is 0. The van der Waals surface area contributed by atoms with Crippen LogP contribution in [0.25, 0.3) is 0 Å². The summed E-state index contributed by atoms with van der Waals surface area (Å²) >= 11 is 0. The minimum absolute atomic E-state index is 0.138. The van der Waals surface area contributed by atoms with E-state index in [1.165, 1.54) is 128 Å². The monoisotopic (exact) mass is 554 g/mol. The summed E-state index contributed by atoms with van der Waals surface area (Å²) in [6, 6.07) is 0. The lowest BCUT2D eigenvalue weighted by molar-refractivity contribution is -0.146. The van der Waals surface area contributed by atoms with Gasteiger partial charge in [-0.2, -0.15) is 0 Å². The quantitative estimate of drug-likeness (QED) is 0.0611. The van der Waals surface area contributed by atoms with Crippen molar-refractivity contribution < 1.29 is 23.8 Å². The highest BCUT2D eigenvalue weighted by atomic mass is 16.6. The van der Waals surface area contributed by atoms with Gasteiger partial charge in [0.05, 0.1) is 13.2 Å². The van der Waals surface area contributed by atoms with Gasteiger partial charge in [-0.05, 0) is 12.8 Å². The summed E-state index contributed by atoms with van der Waals surface area (Å²) < 4.78 is 15.8. The van der Waals surface area contributed by atoms with Crippen molar-refractivity contribution >= 4 is 11.9 Å². The van der Waals surface area contributed by atoms with Crippen LogP contribution in [0.1, 0.15) is 181 Å². The molecule has 0 aliphatic heterocycles. The van der Waals surface area contributed by atoms with Crippen LogP contribution in [0.5, 0.6) is 0 Å². The molecular weight excluding hydrogens is 488 g/mol. The van der Waals surface area contributed by atoms with Gasteiger partial charge in [-0.15, -0.1) is 0 Å². The number of esters is 2. The van der Waals surface area contributed by atoms with Gasteiger partial charge in [-0.3, -0.25) is 9.59 Å². The van der Waals surface area contributed by atoms with Crippen LogP contribution in [0.2, 0.25) is 0 Å². The third-order valence-electron chi connectivity index (χ3n) is 7.45. The van der Waals surface area contributed by atoms with Crippen LogP contribution < -0.4 is 0 Å². The molecule has 0 aliphatic rings. The average molecular weight is 555 g/mol. The molecule has 0 rings (SSSR count). The van der Waals surface area contributed by atoms with Gasteiger partial charge in [-0.25, -0.2) is 0 Å². The normalized spacial score (nSPS) is 11.1. The Kier molecular flexibility index (Phi) is 32.2. The summed E-state index contributed by atoms with van der Waals surface area (Å²) in [6.45, 7) is 5.75. The fourth-order valence-electron chi connectivity index (χ4n) is 4.90. The van der Waals surface area contributed by atoms with Crippen LogP contribution in [0.4, 0.5) is 0 Å². The van der Waals surface area contributed by atoms with Crippen molar-refractivity contribution in [2.45, 2.75) is 181 Å². The fourth-order valence-corrected chi connectivity index (χ4v) is 4.90. The van der Waals surface area contributed by atoms with Crippen LogP contribution >= 0.6 is 0 Å². The standard InChI is InChI=1S/C34H66O5/c1-3-5-7-9-11-13-14-15-16-17-18-20-22-24-26-28-34(36)39-32-30-37-29-31-38-33(35)27-25-23-21-19-12-10-8-6-4-2/h3-32H2,1-2H3. The summed E-state index contributed by atoms with van der Waals surface area (Å²) in [7, 11) is 0. The first kappa shape index (κ1) is 37.9. The molecule has 5 nitrogen and oxygen atoms in total. The molecule has 232 valence electrons. The second kappa shape index (κ2) is 33.1. The van der Waals surface area contributed by atoms with Crippen molar-refractivity contribution in [1.29, 1.82) is 0 Å². The smallest absolute Gasteiger partial charge is 0.305 e. The van der Waals surface area contributed by atoms with E-state index in [2.05, 4.69) is 13.8 Å². The van der Waals surface area contributed by atoms with Crippen molar-refractivity contribution in [1.82, 2.24) is 0 Å². The zero-order valence-electron chi connectivity index (χ0n) is 26.3. The molecule has 0 amide bonds. The average Bonchev–Trinajstić information content (AvgIpc) is 2.93. The minimum Gasteiger partial charge on any atom is -0.463 e. The van der Waals surface area contributed by atoms with Crippen LogP contribution in [0.3, 0.4) is 0 Å². The van der Waals surface area contributed by atoms with Crippen LogP contribution in [0, 0.1) is 0 Å². The molecule has 0 spiro atoms. The first-order chi connectivity index (χ1) is 19.2. The minimum atomic E-state index is -0.142. The van der Waals surface area contributed by atoms with Crippen LogP contribution in [-0.4, -0.2) is 38.4 Å².